The fourth-order valence-corrected chi connectivity index (χ4v) is 2.54. The number of nitrogens with one attached hydrogen (secondary N) is 1. The maximum atomic E-state index is 11.3. The molecule has 1 atom stereocenters. The minimum absolute atomic E-state index is 0.0698. The molecule has 1 aromatic carbocycles. The van der Waals surface area contributed by atoms with E-state index >= 15 is 0 Å². The van der Waals surface area contributed by atoms with Crippen LogP contribution in [0.3, 0.4) is 0 Å². The standard InChI is InChI=1S/C14H12N4O4/c19-13(20)9-6-10(18-14(17-9)15-7-16-18)8-1-2-11-12(5-8)22-4-3-21-11/h1-2,5-7,10H,3-4H2,(H,19,20)(H,15,16,17)/t10-/m0/s1. The molecule has 0 spiro atoms. The van der Waals surface area contributed by atoms with Crippen molar-refractivity contribution >= 4 is 11.9 Å². The Morgan fingerprint density at radius 1 is 1.32 bits per heavy atom. The first-order chi connectivity index (χ1) is 10.7. The zero-order valence-corrected chi connectivity index (χ0v) is 11.4. The molecule has 0 amide bonds. The van der Waals surface area contributed by atoms with Crippen LogP contribution < -0.4 is 14.8 Å². The van der Waals surface area contributed by atoms with Crippen LogP contribution in [0.2, 0.25) is 0 Å². The number of carbonyl (C=O) groups is 1. The van der Waals surface area contributed by atoms with E-state index in [-0.39, 0.29) is 11.7 Å². The van der Waals surface area contributed by atoms with E-state index in [4.69, 9.17) is 9.47 Å². The van der Waals surface area contributed by atoms with E-state index in [1.807, 2.05) is 18.2 Å². The molecule has 22 heavy (non-hydrogen) atoms. The number of carboxylic acids is 1. The van der Waals surface area contributed by atoms with E-state index in [9.17, 15) is 9.90 Å². The Hall–Kier alpha value is -3.03. The number of hydrogen-bond donors (Lipinski definition) is 2. The summed E-state index contributed by atoms with van der Waals surface area (Å²) in [6.45, 7) is 1.02. The molecule has 2 aliphatic rings. The van der Waals surface area contributed by atoms with Gasteiger partial charge >= 0.3 is 5.97 Å². The molecular weight excluding hydrogens is 288 g/mol. The van der Waals surface area contributed by atoms with Gasteiger partial charge in [-0.1, -0.05) is 6.07 Å². The second-order valence-corrected chi connectivity index (χ2v) is 4.89. The van der Waals surface area contributed by atoms with E-state index in [1.54, 1.807) is 10.8 Å². The van der Waals surface area contributed by atoms with Crippen molar-refractivity contribution in [1.82, 2.24) is 14.8 Å². The van der Waals surface area contributed by atoms with Crippen molar-refractivity contribution in [2.45, 2.75) is 6.04 Å². The molecule has 0 saturated heterocycles. The van der Waals surface area contributed by atoms with Gasteiger partial charge in [0.1, 0.15) is 31.3 Å². The predicted molar refractivity (Wildman–Crippen MR) is 74.9 cm³/mol. The molecule has 1 aromatic heterocycles. The maximum absolute atomic E-state index is 11.3. The third-order valence-corrected chi connectivity index (χ3v) is 3.55. The fraction of sp³-hybridized carbons (Fsp3) is 0.214. The number of carboxylic acid groups (broad SMARTS) is 1. The van der Waals surface area contributed by atoms with Gasteiger partial charge in [0.2, 0.25) is 5.95 Å². The lowest BCUT2D eigenvalue weighted by Gasteiger charge is -2.24. The summed E-state index contributed by atoms with van der Waals surface area (Å²) in [4.78, 5) is 15.3. The SMILES string of the molecule is O=C(O)C1=C[C@@H](c2ccc3c(c2)OCCO3)n2ncnc2N1. The Kier molecular flexibility index (Phi) is 2.75. The van der Waals surface area contributed by atoms with Gasteiger partial charge in [0.05, 0.1) is 0 Å². The van der Waals surface area contributed by atoms with Crippen molar-refractivity contribution in [2.75, 3.05) is 18.5 Å². The second kappa shape index (κ2) is 4.76. The van der Waals surface area contributed by atoms with Crippen LogP contribution in [0.15, 0.2) is 36.3 Å². The smallest absolute Gasteiger partial charge is 0.352 e. The Morgan fingerprint density at radius 3 is 2.95 bits per heavy atom. The van der Waals surface area contributed by atoms with Gasteiger partial charge < -0.3 is 19.9 Å². The molecule has 0 saturated carbocycles. The molecule has 0 unspecified atom stereocenters. The van der Waals surface area contributed by atoms with E-state index in [0.717, 1.165) is 5.56 Å². The zero-order chi connectivity index (χ0) is 15.1. The third kappa shape index (κ3) is 1.96. The van der Waals surface area contributed by atoms with Crippen LogP contribution in [0.5, 0.6) is 11.5 Å². The monoisotopic (exact) mass is 300 g/mol. The average molecular weight is 300 g/mol. The molecule has 4 rings (SSSR count). The topological polar surface area (TPSA) is 98.5 Å². The van der Waals surface area contributed by atoms with Gasteiger partial charge in [0.15, 0.2) is 11.5 Å². The summed E-state index contributed by atoms with van der Waals surface area (Å²) < 4.78 is 12.7. The fourth-order valence-electron chi connectivity index (χ4n) is 2.54. The minimum Gasteiger partial charge on any atom is -0.486 e. The van der Waals surface area contributed by atoms with Gasteiger partial charge in [-0.05, 0) is 23.8 Å². The highest BCUT2D eigenvalue weighted by Crippen LogP contribution is 2.35. The molecule has 0 fully saturated rings. The molecule has 8 nitrogen and oxygen atoms in total. The molecule has 2 aliphatic heterocycles. The average Bonchev–Trinajstić information content (AvgIpc) is 3.02. The number of ether oxygens (including phenoxy) is 2. The Balaban J connectivity index is 1.79. The van der Waals surface area contributed by atoms with Gasteiger partial charge in [-0.2, -0.15) is 10.1 Å². The summed E-state index contributed by atoms with van der Waals surface area (Å²) in [5, 5.41) is 16.1. The number of hydrogen-bond acceptors (Lipinski definition) is 6. The van der Waals surface area contributed by atoms with Gasteiger partial charge in [-0.25, -0.2) is 9.48 Å². The number of allylic oxidation sites excluding steroid dienone is 1. The van der Waals surface area contributed by atoms with Gasteiger partial charge in [-0.3, -0.25) is 0 Å². The van der Waals surface area contributed by atoms with E-state index < -0.39 is 5.97 Å². The van der Waals surface area contributed by atoms with Crippen LogP contribution in [-0.2, 0) is 4.79 Å². The van der Waals surface area contributed by atoms with E-state index in [1.165, 1.54) is 6.33 Å². The summed E-state index contributed by atoms with van der Waals surface area (Å²) in [7, 11) is 0. The third-order valence-electron chi connectivity index (χ3n) is 3.55. The van der Waals surface area contributed by atoms with Gasteiger partial charge in [0.25, 0.3) is 0 Å². The normalized spacial score (nSPS) is 18.9. The number of aromatic nitrogens is 3. The summed E-state index contributed by atoms with van der Waals surface area (Å²) in [5.41, 5.74) is 0.914. The molecule has 3 heterocycles. The minimum atomic E-state index is -1.04. The lowest BCUT2D eigenvalue weighted by atomic mass is 10.0. The van der Waals surface area contributed by atoms with Gasteiger partial charge in [0, 0.05) is 0 Å². The van der Waals surface area contributed by atoms with Crippen molar-refractivity contribution < 1.29 is 19.4 Å². The number of anilines is 1. The van der Waals surface area contributed by atoms with Crippen LogP contribution in [-0.4, -0.2) is 39.1 Å². The number of rotatable bonds is 2. The zero-order valence-electron chi connectivity index (χ0n) is 11.4. The number of nitrogens with zero attached hydrogens (tertiary/aromatic N) is 3. The van der Waals surface area contributed by atoms with Crippen molar-refractivity contribution in [2.24, 2.45) is 0 Å². The molecule has 112 valence electrons. The molecule has 2 aromatic rings. The highest BCUT2D eigenvalue weighted by molar-refractivity contribution is 5.90. The van der Waals surface area contributed by atoms with Crippen LogP contribution in [0.4, 0.5) is 5.95 Å². The van der Waals surface area contributed by atoms with Gasteiger partial charge in [-0.15, -0.1) is 0 Å². The van der Waals surface area contributed by atoms with E-state index in [0.29, 0.717) is 30.7 Å². The first-order valence-electron chi connectivity index (χ1n) is 6.73. The predicted octanol–water partition coefficient (Wildman–Crippen LogP) is 1.03. The molecule has 0 aliphatic carbocycles. The molecule has 0 bridgehead atoms. The van der Waals surface area contributed by atoms with Crippen molar-refractivity contribution in [3.63, 3.8) is 0 Å². The van der Waals surface area contributed by atoms with Crippen molar-refractivity contribution in [1.29, 1.82) is 0 Å². The van der Waals surface area contributed by atoms with Crippen LogP contribution in [0.25, 0.3) is 0 Å². The van der Waals surface area contributed by atoms with Crippen LogP contribution in [0, 0.1) is 0 Å². The number of benzene rings is 1. The Labute approximate surface area is 125 Å². The number of fused-ring (bicyclic) bond motifs is 2. The first-order valence-corrected chi connectivity index (χ1v) is 6.73. The van der Waals surface area contributed by atoms with Crippen molar-refractivity contribution in [3.05, 3.63) is 41.9 Å². The number of aliphatic carboxylic acids is 1. The Morgan fingerprint density at radius 2 is 2.14 bits per heavy atom. The summed E-state index contributed by atoms with van der Waals surface area (Å²) in [6, 6.07) is 5.15. The maximum Gasteiger partial charge on any atom is 0.352 e. The molecular formula is C14H12N4O4. The molecule has 0 radical (unpaired) electrons. The first kappa shape index (κ1) is 12.7. The Bertz CT molecular complexity index is 783. The quantitative estimate of drug-likeness (QED) is 0.854. The summed E-state index contributed by atoms with van der Waals surface area (Å²) >= 11 is 0. The lowest BCUT2D eigenvalue weighted by molar-refractivity contribution is -0.132. The lowest BCUT2D eigenvalue weighted by Crippen LogP contribution is -2.24. The highest BCUT2D eigenvalue weighted by atomic mass is 16.6. The molecule has 2 N–H and O–H groups in total. The molecule has 8 heteroatoms. The van der Waals surface area contributed by atoms with Crippen LogP contribution >= 0.6 is 0 Å². The highest BCUT2D eigenvalue weighted by Gasteiger charge is 2.26. The summed E-state index contributed by atoms with van der Waals surface area (Å²) in [6.07, 6.45) is 2.97. The van der Waals surface area contributed by atoms with Crippen molar-refractivity contribution in [3.8, 4) is 11.5 Å². The summed E-state index contributed by atoms with van der Waals surface area (Å²) in [5.74, 6) is 0.677. The second-order valence-electron chi connectivity index (χ2n) is 4.89. The van der Waals surface area contributed by atoms with E-state index in [2.05, 4.69) is 15.4 Å². The van der Waals surface area contributed by atoms with Crippen LogP contribution in [0.1, 0.15) is 11.6 Å². The largest absolute Gasteiger partial charge is 0.486 e.